The maximum absolute atomic E-state index is 13.2. The molecular weight excluding hydrogens is 336 g/mol. The number of fused-ring (bicyclic) bond motifs is 1. The van der Waals surface area contributed by atoms with Crippen molar-refractivity contribution in [2.24, 2.45) is 5.92 Å². The number of ether oxygens (including phenoxy) is 1. The van der Waals surface area contributed by atoms with E-state index in [-0.39, 0.29) is 11.9 Å². The van der Waals surface area contributed by atoms with Crippen molar-refractivity contribution in [1.29, 1.82) is 0 Å². The van der Waals surface area contributed by atoms with Crippen LogP contribution in [-0.4, -0.2) is 37.6 Å². The molecule has 1 fully saturated rings. The minimum atomic E-state index is 0.0401. The lowest BCUT2D eigenvalue weighted by Gasteiger charge is -2.38. The number of nitrogens with zero attached hydrogens (tertiary/aromatic N) is 1. The quantitative estimate of drug-likeness (QED) is 0.904. The van der Waals surface area contributed by atoms with E-state index >= 15 is 0 Å². The molecule has 1 aliphatic carbocycles. The van der Waals surface area contributed by atoms with Crippen LogP contribution < -0.4 is 10.1 Å². The molecule has 2 unspecified atom stereocenters. The molecule has 0 saturated carbocycles. The summed E-state index contributed by atoms with van der Waals surface area (Å²) < 4.78 is 5.55. The second kappa shape index (κ2) is 8.13. The van der Waals surface area contributed by atoms with Crippen LogP contribution in [0.3, 0.4) is 0 Å². The Balaban J connectivity index is 1.48. The number of nitrogens with one attached hydrogen (secondary N) is 1. The molecule has 0 radical (unpaired) electrons. The summed E-state index contributed by atoms with van der Waals surface area (Å²) in [6, 6.07) is 16.8. The molecule has 27 heavy (non-hydrogen) atoms. The Morgan fingerprint density at radius 1 is 1.15 bits per heavy atom. The number of piperazine rings is 1. The van der Waals surface area contributed by atoms with Gasteiger partial charge in [-0.1, -0.05) is 42.5 Å². The van der Waals surface area contributed by atoms with Gasteiger partial charge in [-0.05, 0) is 42.4 Å². The van der Waals surface area contributed by atoms with E-state index in [1.165, 1.54) is 11.1 Å². The lowest BCUT2D eigenvalue weighted by atomic mass is 9.82. The molecule has 2 aromatic carbocycles. The molecule has 1 amide bonds. The van der Waals surface area contributed by atoms with E-state index in [2.05, 4.69) is 40.5 Å². The zero-order valence-corrected chi connectivity index (χ0v) is 16.0. The fourth-order valence-corrected chi connectivity index (χ4v) is 4.53. The molecule has 142 valence electrons. The predicted octanol–water partition coefficient (Wildman–Crippen LogP) is 3.36. The minimum absolute atomic E-state index is 0.0401. The van der Waals surface area contributed by atoms with E-state index < -0.39 is 0 Å². The molecule has 2 aromatic rings. The van der Waals surface area contributed by atoms with Gasteiger partial charge >= 0.3 is 0 Å². The summed E-state index contributed by atoms with van der Waals surface area (Å²) in [5, 5.41) is 3.44. The number of hydrogen-bond donors (Lipinski definition) is 1. The SMILES string of the molecule is COc1ccccc1C1CNCCN1C(=O)CC1CCc2ccccc2C1. The number of carbonyl (C=O) groups excluding carboxylic acids is 1. The summed E-state index contributed by atoms with van der Waals surface area (Å²) in [6.07, 6.45) is 3.85. The van der Waals surface area contributed by atoms with E-state index in [1.807, 2.05) is 18.2 Å². The summed E-state index contributed by atoms with van der Waals surface area (Å²) in [7, 11) is 1.70. The van der Waals surface area contributed by atoms with Crippen LogP contribution in [0.15, 0.2) is 48.5 Å². The van der Waals surface area contributed by atoms with Gasteiger partial charge in [0.25, 0.3) is 0 Å². The maximum Gasteiger partial charge on any atom is 0.223 e. The molecule has 1 aliphatic heterocycles. The van der Waals surface area contributed by atoms with Crippen LogP contribution in [-0.2, 0) is 17.6 Å². The molecule has 1 heterocycles. The second-order valence-corrected chi connectivity index (χ2v) is 7.63. The summed E-state index contributed by atoms with van der Waals surface area (Å²) >= 11 is 0. The fraction of sp³-hybridized carbons (Fsp3) is 0.435. The fourth-order valence-electron chi connectivity index (χ4n) is 4.53. The van der Waals surface area contributed by atoms with Gasteiger partial charge < -0.3 is 15.0 Å². The lowest BCUT2D eigenvalue weighted by Crippen LogP contribution is -2.49. The lowest BCUT2D eigenvalue weighted by molar-refractivity contribution is -0.135. The molecule has 1 N–H and O–H groups in total. The summed E-state index contributed by atoms with van der Waals surface area (Å²) in [5.74, 6) is 1.58. The van der Waals surface area contributed by atoms with Gasteiger partial charge in [-0.3, -0.25) is 4.79 Å². The first-order valence-electron chi connectivity index (χ1n) is 9.96. The Bertz CT molecular complexity index is 804. The number of methoxy groups -OCH3 is 1. The van der Waals surface area contributed by atoms with Gasteiger partial charge in [-0.15, -0.1) is 0 Å². The number of rotatable bonds is 4. The van der Waals surface area contributed by atoms with Crippen molar-refractivity contribution in [1.82, 2.24) is 10.2 Å². The Morgan fingerprint density at radius 2 is 1.93 bits per heavy atom. The zero-order valence-electron chi connectivity index (χ0n) is 16.0. The largest absolute Gasteiger partial charge is 0.496 e. The summed E-state index contributed by atoms with van der Waals surface area (Å²) in [4.78, 5) is 15.3. The third-order valence-corrected chi connectivity index (χ3v) is 5.97. The van der Waals surface area contributed by atoms with Crippen molar-refractivity contribution in [3.05, 3.63) is 65.2 Å². The number of benzene rings is 2. The third-order valence-electron chi connectivity index (χ3n) is 5.97. The van der Waals surface area contributed by atoms with Crippen molar-refractivity contribution in [3.8, 4) is 5.75 Å². The van der Waals surface area contributed by atoms with E-state index in [0.717, 1.165) is 50.2 Å². The number of hydrogen-bond acceptors (Lipinski definition) is 3. The molecule has 2 aliphatic rings. The predicted molar refractivity (Wildman–Crippen MR) is 107 cm³/mol. The smallest absolute Gasteiger partial charge is 0.223 e. The highest BCUT2D eigenvalue weighted by molar-refractivity contribution is 5.77. The Labute approximate surface area is 161 Å². The van der Waals surface area contributed by atoms with Crippen molar-refractivity contribution < 1.29 is 9.53 Å². The van der Waals surface area contributed by atoms with Crippen LogP contribution in [0.1, 0.15) is 35.6 Å². The number of carbonyl (C=O) groups is 1. The van der Waals surface area contributed by atoms with Gasteiger partial charge in [0, 0.05) is 31.6 Å². The number of amides is 1. The first kappa shape index (κ1) is 18.1. The molecule has 0 spiro atoms. The Morgan fingerprint density at radius 3 is 2.78 bits per heavy atom. The standard InChI is InChI=1S/C23H28N2O2/c1-27-22-9-5-4-8-20(22)21-16-24-12-13-25(21)23(26)15-17-10-11-18-6-2-3-7-19(18)14-17/h2-9,17,21,24H,10-16H2,1H3. The highest BCUT2D eigenvalue weighted by Gasteiger charge is 2.31. The first-order chi connectivity index (χ1) is 13.3. The van der Waals surface area contributed by atoms with Crippen molar-refractivity contribution in [3.63, 3.8) is 0 Å². The van der Waals surface area contributed by atoms with Gasteiger partial charge in [-0.2, -0.15) is 0 Å². The maximum atomic E-state index is 13.2. The van der Waals surface area contributed by atoms with Gasteiger partial charge in [-0.25, -0.2) is 0 Å². The second-order valence-electron chi connectivity index (χ2n) is 7.63. The van der Waals surface area contributed by atoms with E-state index in [1.54, 1.807) is 7.11 Å². The van der Waals surface area contributed by atoms with Crippen molar-refractivity contribution in [2.45, 2.75) is 31.7 Å². The van der Waals surface area contributed by atoms with Gasteiger partial charge in [0.2, 0.25) is 5.91 Å². The van der Waals surface area contributed by atoms with E-state index in [9.17, 15) is 4.79 Å². The molecule has 1 saturated heterocycles. The highest BCUT2D eigenvalue weighted by Crippen LogP contribution is 2.33. The Hall–Kier alpha value is -2.33. The molecule has 2 atom stereocenters. The third kappa shape index (κ3) is 3.86. The van der Waals surface area contributed by atoms with Crippen LogP contribution in [0.25, 0.3) is 0 Å². The number of aryl methyl sites for hydroxylation is 1. The topological polar surface area (TPSA) is 41.6 Å². The summed E-state index contributed by atoms with van der Waals surface area (Å²) in [5.41, 5.74) is 3.97. The molecule has 4 heteroatoms. The monoisotopic (exact) mass is 364 g/mol. The highest BCUT2D eigenvalue weighted by atomic mass is 16.5. The van der Waals surface area contributed by atoms with Gasteiger partial charge in [0.15, 0.2) is 0 Å². The molecule has 0 aromatic heterocycles. The molecule has 0 bridgehead atoms. The summed E-state index contributed by atoms with van der Waals surface area (Å²) in [6.45, 7) is 2.38. The number of para-hydroxylation sites is 1. The van der Waals surface area contributed by atoms with Crippen LogP contribution in [0.5, 0.6) is 5.75 Å². The van der Waals surface area contributed by atoms with Crippen LogP contribution in [0, 0.1) is 5.92 Å². The van der Waals surface area contributed by atoms with Crippen LogP contribution in [0.2, 0.25) is 0 Å². The average Bonchev–Trinajstić information content (AvgIpc) is 2.73. The van der Waals surface area contributed by atoms with Gasteiger partial charge in [0.1, 0.15) is 5.75 Å². The van der Waals surface area contributed by atoms with Crippen molar-refractivity contribution in [2.75, 3.05) is 26.7 Å². The van der Waals surface area contributed by atoms with Crippen molar-refractivity contribution >= 4 is 5.91 Å². The minimum Gasteiger partial charge on any atom is -0.496 e. The molecular formula is C23H28N2O2. The average molecular weight is 364 g/mol. The van der Waals surface area contributed by atoms with E-state index in [0.29, 0.717) is 12.3 Å². The van der Waals surface area contributed by atoms with Crippen LogP contribution in [0.4, 0.5) is 0 Å². The zero-order chi connectivity index (χ0) is 18.6. The van der Waals surface area contributed by atoms with E-state index in [4.69, 9.17) is 4.74 Å². The molecule has 4 rings (SSSR count). The van der Waals surface area contributed by atoms with Gasteiger partial charge in [0.05, 0.1) is 13.2 Å². The van der Waals surface area contributed by atoms with Crippen LogP contribution >= 0.6 is 0 Å². The first-order valence-corrected chi connectivity index (χ1v) is 9.96. The Kier molecular flexibility index (Phi) is 5.44. The molecule has 4 nitrogen and oxygen atoms in total. The normalized spacial score (nSPS) is 22.2.